The van der Waals surface area contributed by atoms with Crippen LogP contribution in [0, 0.1) is 0 Å². The largest absolute Gasteiger partial charge is 0.338 e. The lowest BCUT2D eigenvalue weighted by Gasteiger charge is -2.25. The first-order valence-corrected chi connectivity index (χ1v) is 10.7. The molecule has 0 unspecified atom stereocenters. The van der Waals surface area contributed by atoms with E-state index in [1.54, 1.807) is 0 Å². The van der Waals surface area contributed by atoms with E-state index in [2.05, 4.69) is 38.8 Å². The van der Waals surface area contributed by atoms with E-state index in [0.717, 1.165) is 35.6 Å². The van der Waals surface area contributed by atoms with E-state index in [1.165, 1.54) is 29.4 Å². The van der Waals surface area contributed by atoms with Crippen LogP contribution in [0.25, 0.3) is 16.5 Å². The van der Waals surface area contributed by atoms with Crippen molar-refractivity contribution in [2.75, 3.05) is 19.6 Å². The van der Waals surface area contributed by atoms with Crippen molar-refractivity contribution in [3.8, 4) is 0 Å². The average molecular weight is 406 g/mol. The van der Waals surface area contributed by atoms with E-state index in [9.17, 15) is 4.79 Å². The fraction of sp³-hybridized carbons (Fsp3) is 0.455. The van der Waals surface area contributed by atoms with E-state index in [0.29, 0.717) is 25.6 Å². The Hall–Kier alpha value is -3.16. The molecule has 0 bridgehead atoms. The third-order valence-electron chi connectivity index (χ3n) is 6.06. The maximum absolute atomic E-state index is 12.0. The third-order valence-corrected chi connectivity index (χ3v) is 6.06. The van der Waals surface area contributed by atoms with Crippen molar-refractivity contribution < 1.29 is 4.79 Å². The maximum atomic E-state index is 12.0. The Morgan fingerprint density at radius 1 is 1.33 bits per heavy atom. The van der Waals surface area contributed by atoms with Gasteiger partial charge in [-0.15, -0.1) is 0 Å². The SMILES string of the molecule is CCNC(=O)N1CC=C(c2nc(Cc3ccc4[nH]ncc4c3C3CC3)n(C)n2)CC1. The zero-order valence-electron chi connectivity index (χ0n) is 17.5. The molecule has 8 nitrogen and oxygen atoms in total. The molecule has 3 aromatic rings. The Morgan fingerprint density at radius 3 is 2.93 bits per heavy atom. The summed E-state index contributed by atoms with van der Waals surface area (Å²) in [6, 6.07) is 4.30. The van der Waals surface area contributed by atoms with Crippen molar-refractivity contribution >= 4 is 22.5 Å². The van der Waals surface area contributed by atoms with E-state index < -0.39 is 0 Å². The number of carbonyl (C=O) groups excluding carboxylic acids is 1. The van der Waals surface area contributed by atoms with Crippen LogP contribution in [0.15, 0.2) is 24.4 Å². The number of aryl methyl sites for hydroxylation is 1. The molecule has 0 saturated heterocycles. The normalized spacial score (nSPS) is 16.7. The molecule has 0 atom stereocenters. The third kappa shape index (κ3) is 3.46. The standard InChI is InChI=1S/C22H27N7O/c1-3-23-22(30)29-10-8-15(9-11-29)21-25-19(28(2)27-21)12-16-6-7-18-17(13-24-26-18)20(16)14-4-5-14/h6-8,13-14H,3-5,9-12H2,1-2H3,(H,23,30)(H,24,26). The molecule has 30 heavy (non-hydrogen) atoms. The number of carbonyl (C=O) groups is 1. The van der Waals surface area contributed by atoms with Gasteiger partial charge in [-0.1, -0.05) is 12.1 Å². The van der Waals surface area contributed by atoms with Gasteiger partial charge < -0.3 is 10.2 Å². The number of benzene rings is 1. The molecule has 0 radical (unpaired) electrons. The Kier molecular flexibility index (Phi) is 4.77. The highest BCUT2D eigenvalue weighted by molar-refractivity contribution is 5.84. The second-order valence-corrected chi connectivity index (χ2v) is 8.16. The molecule has 5 rings (SSSR count). The predicted molar refractivity (Wildman–Crippen MR) is 115 cm³/mol. The molecule has 8 heteroatoms. The van der Waals surface area contributed by atoms with Crippen LogP contribution in [0.4, 0.5) is 4.79 Å². The number of aromatic nitrogens is 5. The lowest BCUT2D eigenvalue weighted by atomic mass is 9.96. The van der Waals surface area contributed by atoms with Gasteiger partial charge in [0.05, 0.1) is 11.7 Å². The molecule has 156 valence electrons. The van der Waals surface area contributed by atoms with Crippen LogP contribution in [-0.4, -0.2) is 55.5 Å². The summed E-state index contributed by atoms with van der Waals surface area (Å²) in [5.74, 6) is 2.37. The summed E-state index contributed by atoms with van der Waals surface area (Å²) in [6.45, 7) is 3.86. The molecular weight excluding hydrogens is 378 g/mol. The summed E-state index contributed by atoms with van der Waals surface area (Å²) in [7, 11) is 1.96. The van der Waals surface area contributed by atoms with Crippen LogP contribution >= 0.6 is 0 Å². The topological polar surface area (TPSA) is 91.7 Å². The second-order valence-electron chi connectivity index (χ2n) is 8.16. The zero-order valence-corrected chi connectivity index (χ0v) is 17.5. The zero-order chi connectivity index (χ0) is 20.7. The first-order valence-electron chi connectivity index (χ1n) is 10.7. The van der Waals surface area contributed by atoms with Gasteiger partial charge in [0.1, 0.15) is 5.82 Å². The van der Waals surface area contributed by atoms with Crippen LogP contribution in [0.5, 0.6) is 0 Å². The predicted octanol–water partition coefficient (Wildman–Crippen LogP) is 2.98. The van der Waals surface area contributed by atoms with E-state index in [-0.39, 0.29) is 6.03 Å². The van der Waals surface area contributed by atoms with Crippen molar-refractivity contribution in [3.05, 3.63) is 47.2 Å². The van der Waals surface area contributed by atoms with Crippen LogP contribution in [0.1, 0.15) is 54.9 Å². The van der Waals surface area contributed by atoms with Crippen molar-refractivity contribution in [1.29, 1.82) is 0 Å². The van der Waals surface area contributed by atoms with Gasteiger partial charge in [0.15, 0.2) is 5.82 Å². The first kappa shape index (κ1) is 18.8. The van der Waals surface area contributed by atoms with Crippen LogP contribution in [0.2, 0.25) is 0 Å². The van der Waals surface area contributed by atoms with Crippen molar-refractivity contribution in [2.45, 2.75) is 38.5 Å². The summed E-state index contributed by atoms with van der Waals surface area (Å²) in [6.07, 6.45) is 8.04. The number of rotatable bonds is 5. The van der Waals surface area contributed by atoms with E-state index in [4.69, 9.17) is 4.98 Å². The minimum atomic E-state index is -0.00952. The number of H-pyrrole nitrogens is 1. The number of amides is 2. The van der Waals surface area contributed by atoms with Gasteiger partial charge in [-0.2, -0.15) is 10.2 Å². The molecule has 2 aliphatic rings. The highest BCUT2D eigenvalue weighted by atomic mass is 16.2. The Morgan fingerprint density at radius 2 is 2.20 bits per heavy atom. The average Bonchev–Trinajstić information content (AvgIpc) is 3.36. The maximum Gasteiger partial charge on any atom is 0.317 e. The minimum Gasteiger partial charge on any atom is -0.338 e. The summed E-state index contributed by atoms with van der Waals surface area (Å²) in [5.41, 5.74) is 4.95. The lowest BCUT2D eigenvalue weighted by Crippen LogP contribution is -2.42. The van der Waals surface area contributed by atoms with Gasteiger partial charge in [0.2, 0.25) is 0 Å². The monoisotopic (exact) mass is 405 g/mol. The Balaban J connectivity index is 1.38. The first-order chi connectivity index (χ1) is 14.6. The Bertz CT molecular complexity index is 1120. The smallest absolute Gasteiger partial charge is 0.317 e. The molecule has 2 N–H and O–H groups in total. The van der Waals surface area contributed by atoms with Gasteiger partial charge in [-0.3, -0.25) is 9.78 Å². The molecule has 1 aliphatic carbocycles. The number of nitrogens with one attached hydrogen (secondary N) is 2. The molecule has 1 aromatic carbocycles. The van der Waals surface area contributed by atoms with Gasteiger partial charge >= 0.3 is 6.03 Å². The Labute approximate surface area is 175 Å². The lowest BCUT2D eigenvalue weighted by molar-refractivity contribution is 0.203. The van der Waals surface area contributed by atoms with Gasteiger partial charge in [-0.25, -0.2) is 9.78 Å². The molecule has 1 fully saturated rings. The van der Waals surface area contributed by atoms with E-state index >= 15 is 0 Å². The summed E-state index contributed by atoms with van der Waals surface area (Å²) < 4.78 is 1.89. The number of aromatic amines is 1. The highest BCUT2D eigenvalue weighted by Gasteiger charge is 2.29. The quantitative estimate of drug-likeness (QED) is 0.683. The number of hydrogen-bond acceptors (Lipinski definition) is 4. The van der Waals surface area contributed by atoms with Crippen LogP contribution in [-0.2, 0) is 13.5 Å². The minimum absolute atomic E-state index is 0.00952. The number of urea groups is 1. The van der Waals surface area contributed by atoms with Gasteiger partial charge in [0, 0.05) is 38.5 Å². The molecule has 0 spiro atoms. The fourth-order valence-corrected chi connectivity index (χ4v) is 4.29. The molecular formula is C22H27N7O. The second kappa shape index (κ2) is 7.59. The van der Waals surface area contributed by atoms with Crippen LogP contribution in [0.3, 0.4) is 0 Å². The van der Waals surface area contributed by atoms with Crippen molar-refractivity contribution in [1.82, 2.24) is 35.2 Å². The molecule has 2 aromatic heterocycles. The number of fused-ring (bicyclic) bond motifs is 1. The van der Waals surface area contributed by atoms with E-state index in [1.807, 2.05) is 29.7 Å². The molecule has 2 amide bonds. The van der Waals surface area contributed by atoms with Crippen molar-refractivity contribution in [2.24, 2.45) is 7.05 Å². The summed E-state index contributed by atoms with van der Waals surface area (Å²) >= 11 is 0. The molecule has 1 aliphatic heterocycles. The number of hydrogen-bond donors (Lipinski definition) is 2. The summed E-state index contributed by atoms with van der Waals surface area (Å²) in [5, 5.41) is 16.1. The van der Waals surface area contributed by atoms with Crippen molar-refractivity contribution in [3.63, 3.8) is 0 Å². The molecule has 1 saturated carbocycles. The highest BCUT2D eigenvalue weighted by Crippen LogP contribution is 2.45. The van der Waals surface area contributed by atoms with Gasteiger partial charge in [-0.05, 0) is 54.9 Å². The summed E-state index contributed by atoms with van der Waals surface area (Å²) in [4.78, 5) is 18.7. The van der Waals surface area contributed by atoms with Gasteiger partial charge in [0.25, 0.3) is 0 Å². The number of nitrogens with zero attached hydrogens (tertiary/aromatic N) is 5. The fourth-order valence-electron chi connectivity index (χ4n) is 4.29. The van der Waals surface area contributed by atoms with Crippen LogP contribution < -0.4 is 5.32 Å². The molecule has 3 heterocycles.